The maximum Gasteiger partial charge on any atom is 0.168 e. The van der Waals surface area contributed by atoms with Crippen LogP contribution in [-0.2, 0) is 29.5 Å². The first-order valence-corrected chi connectivity index (χ1v) is 8.47. The van der Waals surface area contributed by atoms with Crippen LogP contribution in [-0.4, -0.2) is 11.3 Å². The SMILES string of the molecule is C=CCC1(C)C(=O)C(C)(C)Nc2c1cc(CC)c1c2CCC1. The van der Waals surface area contributed by atoms with Crippen molar-refractivity contribution in [1.29, 1.82) is 0 Å². The third-order valence-corrected chi connectivity index (χ3v) is 5.53. The van der Waals surface area contributed by atoms with Crippen LogP contribution in [0.4, 0.5) is 5.69 Å². The molecule has 0 saturated heterocycles. The van der Waals surface area contributed by atoms with Crippen LogP contribution in [0.5, 0.6) is 0 Å². The van der Waals surface area contributed by atoms with Gasteiger partial charge in [0, 0.05) is 5.69 Å². The van der Waals surface area contributed by atoms with E-state index in [1.54, 1.807) is 0 Å². The zero-order valence-corrected chi connectivity index (χ0v) is 14.3. The zero-order valence-electron chi connectivity index (χ0n) is 14.3. The van der Waals surface area contributed by atoms with Gasteiger partial charge in [-0.1, -0.05) is 19.1 Å². The molecule has 1 aliphatic carbocycles. The second-order valence-corrected chi connectivity index (χ2v) is 7.53. The van der Waals surface area contributed by atoms with Crippen molar-refractivity contribution < 1.29 is 4.79 Å². The smallest absolute Gasteiger partial charge is 0.168 e. The molecule has 1 aromatic rings. The second kappa shape index (κ2) is 4.97. The number of benzene rings is 1. The molecule has 3 rings (SSSR count). The Kier molecular flexibility index (Phi) is 3.47. The van der Waals surface area contributed by atoms with E-state index in [2.05, 4.69) is 31.8 Å². The highest BCUT2D eigenvalue weighted by molar-refractivity contribution is 6.03. The molecular formula is C20H27NO. The number of anilines is 1. The molecule has 0 fully saturated rings. The zero-order chi connectivity index (χ0) is 16.1. The summed E-state index contributed by atoms with van der Waals surface area (Å²) in [5.41, 5.74) is 5.86. The van der Waals surface area contributed by atoms with Gasteiger partial charge in [0.25, 0.3) is 0 Å². The van der Waals surface area contributed by atoms with Crippen LogP contribution in [0, 0.1) is 0 Å². The Bertz CT molecular complexity index is 656. The molecule has 118 valence electrons. The highest BCUT2D eigenvalue weighted by Crippen LogP contribution is 2.48. The molecule has 22 heavy (non-hydrogen) atoms. The van der Waals surface area contributed by atoms with Gasteiger partial charge in [-0.15, -0.1) is 6.58 Å². The Morgan fingerprint density at radius 1 is 1.27 bits per heavy atom. The lowest BCUT2D eigenvalue weighted by Crippen LogP contribution is -2.55. The monoisotopic (exact) mass is 297 g/mol. The minimum atomic E-state index is -0.519. The van der Waals surface area contributed by atoms with E-state index in [-0.39, 0.29) is 5.78 Å². The van der Waals surface area contributed by atoms with E-state index < -0.39 is 11.0 Å². The predicted molar refractivity (Wildman–Crippen MR) is 92.7 cm³/mol. The number of aryl methyl sites for hydroxylation is 1. The van der Waals surface area contributed by atoms with Gasteiger partial charge in [-0.25, -0.2) is 0 Å². The van der Waals surface area contributed by atoms with Crippen LogP contribution >= 0.6 is 0 Å². The number of hydrogen-bond acceptors (Lipinski definition) is 2. The topological polar surface area (TPSA) is 29.1 Å². The van der Waals surface area contributed by atoms with Gasteiger partial charge < -0.3 is 5.32 Å². The molecule has 1 atom stereocenters. The van der Waals surface area contributed by atoms with Crippen molar-refractivity contribution in [1.82, 2.24) is 0 Å². The Morgan fingerprint density at radius 3 is 2.59 bits per heavy atom. The van der Waals surface area contributed by atoms with E-state index in [0.29, 0.717) is 6.42 Å². The van der Waals surface area contributed by atoms with Crippen molar-refractivity contribution in [2.24, 2.45) is 0 Å². The number of hydrogen-bond donors (Lipinski definition) is 1. The maximum absolute atomic E-state index is 13.1. The summed E-state index contributed by atoms with van der Waals surface area (Å²) in [6, 6.07) is 2.29. The molecule has 0 amide bonds. The van der Waals surface area contributed by atoms with Crippen LogP contribution in [0.15, 0.2) is 18.7 Å². The largest absolute Gasteiger partial charge is 0.373 e. The molecule has 1 aliphatic heterocycles. The fourth-order valence-corrected chi connectivity index (χ4v) is 4.44. The summed E-state index contributed by atoms with van der Waals surface area (Å²) in [5.74, 6) is 0.271. The fourth-order valence-electron chi connectivity index (χ4n) is 4.44. The van der Waals surface area contributed by atoms with Crippen molar-refractivity contribution in [3.63, 3.8) is 0 Å². The van der Waals surface area contributed by atoms with Gasteiger partial charge in [0.05, 0.1) is 11.0 Å². The van der Waals surface area contributed by atoms with Crippen LogP contribution in [0.25, 0.3) is 0 Å². The van der Waals surface area contributed by atoms with Crippen molar-refractivity contribution in [2.45, 2.75) is 70.8 Å². The van der Waals surface area contributed by atoms with Crippen molar-refractivity contribution in [3.05, 3.63) is 41.0 Å². The standard InChI is InChI=1S/C20H27NO/c1-6-11-20(5)16-12-13(7-2)14-9-8-10-15(14)17(16)21-19(3,4)18(20)22/h6,12,21H,1,7-11H2,2-5H3. The van der Waals surface area contributed by atoms with Gasteiger partial charge >= 0.3 is 0 Å². The normalized spacial score (nSPS) is 25.4. The van der Waals surface area contributed by atoms with Gasteiger partial charge in [0.1, 0.15) is 0 Å². The molecule has 0 aromatic heterocycles. The van der Waals surface area contributed by atoms with Crippen LogP contribution < -0.4 is 5.32 Å². The fraction of sp³-hybridized carbons (Fsp3) is 0.550. The molecule has 0 spiro atoms. The molecule has 1 unspecified atom stereocenters. The first-order chi connectivity index (χ1) is 10.3. The van der Waals surface area contributed by atoms with Gasteiger partial charge in [0.2, 0.25) is 0 Å². The highest BCUT2D eigenvalue weighted by Gasteiger charge is 2.49. The molecule has 0 bridgehead atoms. The molecule has 1 N–H and O–H groups in total. The van der Waals surface area contributed by atoms with Crippen LogP contribution in [0.1, 0.15) is 62.8 Å². The Hall–Kier alpha value is -1.57. The lowest BCUT2D eigenvalue weighted by Gasteiger charge is -2.44. The number of rotatable bonds is 3. The third-order valence-electron chi connectivity index (χ3n) is 5.53. The number of carbonyl (C=O) groups excluding carboxylic acids is 1. The number of carbonyl (C=O) groups is 1. The van der Waals surface area contributed by atoms with Crippen molar-refractivity contribution >= 4 is 11.5 Å². The average Bonchev–Trinajstić information content (AvgIpc) is 2.95. The van der Waals surface area contributed by atoms with Gasteiger partial charge in [-0.3, -0.25) is 4.79 Å². The minimum absolute atomic E-state index is 0.271. The first-order valence-electron chi connectivity index (χ1n) is 8.47. The number of fused-ring (bicyclic) bond motifs is 3. The number of allylic oxidation sites excluding steroid dienone is 1. The van der Waals surface area contributed by atoms with Crippen molar-refractivity contribution in [2.75, 3.05) is 5.32 Å². The highest BCUT2D eigenvalue weighted by atomic mass is 16.1. The van der Waals surface area contributed by atoms with Gasteiger partial charge in [0.15, 0.2) is 5.78 Å². The number of Topliss-reactive ketones (excluding diaryl/α,β-unsaturated/α-hetero) is 1. The summed E-state index contributed by atoms with van der Waals surface area (Å²) in [5, 5.41) is 3.57. The molecule has 2 nitrogen and oxygen atoms in total. The second-order valence-electron chi connectivity index (χ2n) is 7.53. The van der Waals surface area contributed by atoms with Gasteiger partial charge in [-0.2, -0.15) is 0 Å². The first kappa shape index (κ1) is 15.3. The maximum atomic E-state index is 13.1. The molecule has 0 radical (unpaired) electrons. The van der Waals surface area contributed by atoms with E-state index in [4.69, 9.17) is 0 Å². The van der Waals surface area contributed by atoms with E-state index in [1.165, 1.54) is 40.8 Å². The summed E-state index contributed by atoms with van der Waals surface area (Å²) in [6.07, 6.45) is 7.17. The number of ketones is 1. The third kappa shape index (κ3) is 1.96. The lowest BCUT2D eigenvalue weighted by atomic mass is 9.65. The molecule has 1 heterocycles. The summed E-state index contributed by atoms with van der Waals surface area (Å²) < 4.78 is 0. The van der Waals surface area contributed by atoms with Crippen molar-refractivity contribution in [3.8, 4) is 0 Å². The quantitative estimate of drug-likeness (QED) is 0.841. The predicted octanol–water partition coefficient (Wildman–Crippen LogP) is 4.34. The molecule has 1 aromatic carbocycles. The summed E-state index contributed by atoms with van der Waals surface area (Å²) in [6.45, 7) is 12.2. The average molecular weight is 297 g/mol. The van der Waals surface area contributed by atoms with Gasteiger partial charge in [-0.05, 0) is 75.1 Å². The number of nitrogens with one attached hydrogen (secondary N) is 1. The molecule has 2 aliphatic rings. The minimum Gasteiger partial charge on any atom is -0.373 e. The summed E-state index contributed by atoms with van der Waals surface area (Å²) in [4.78, 5) is 13.1. The van der Waals surface area contributed by atoms with Crippen LogP contribution in [0.2, 0.25) is 0 Å². The van der Waals surface area contributed by atoms with E-state index in [1.807, 2.05) is 19.9 Å². The van der Waals surface area contributed by atoms with E-state index in [0.717, 1.165) is 12.8 Å². The summed E-state index contributed by atoms with van der Waals surface area (Å²) in [7, 11) is 0. The van der Waals surface area contributed by atoms with E-state index >= 15 is 0 Å². The summed E-state index contributed by atoms with van der Waals surface area (Å²) >= 11 is 0. The molecule has 2 heteroatoms. The Labute approximate surface area is 134 Å². The Morgan fingerprint density at radius 2 is 1.95 bits per heavy atom. The lowest BCUT2D eigenvalue weighted by molar-refractivity contribution is -0.128. The van der Waals surface area contributed by atoms with Crippen LogP contribution in [0.3, 0.4) is 0 Å². The van der Waals surface area contributed by atoms with E-state index in [9.17, 15) is 4.79 Å². The molecular weight excluding hydrogens is 270 g/mol. The molecule has 0 saturated carbocycles. The Balaban J connectivity index is 2.31.